The van der Waals surface area contributed by atoms with Gasteiger partial charge in [-0.3, -0.25) is 9.36 Å². The van der Waals surface area contributed by atoms with E-state index in [0.717, 1.165) is 11.4 Å². The predicted octanol–water partition coefficient (Wildman–Crippen LogP) is 1.70. The van der Waals surface area contributed by atoms with E-state index in [9.17, 15) is 4.79 Å². The molecule has 0 atom stereocenters. The number of nitrogens with one attached hydrogen (secondary N) is 1. The molecule has 0 bridgehead atoms. The monoisotopic (exact) mass is 299 g/mol. The molecular formula is C12H17N3O2S2. The SMILES string of the molecule is CN(C)CCOCCn1c(=S)[nH]c2sccc2c1=O. The summed E-state index contributed by atoms with van der Waals surface area (Å²) in [6.07, 6.45) is 0. The summed E-state index contributed by atoms with van der Waals surface area (Å²) in [4.78, 5) is 18.2. The number of thiophene rings is 1. The van der Waals surface area contributed by atoms with Gasteiger partial charge in [0.05, 0.1) is 25.1 Å². The van der Waals surface area contributed by atoms with Crippen molar-refractivity contribution in [2.24, 2.45) is 0 Å². The molecule has 2 heterocycles. The van der Waals surface area contributed by atoms with E-state index in [1.165, 1.54) is 11.3 Å². The molecule has 0 saturated carbocycles. The molecule has 5 nitrogen and oxygen atoms in total. The van der Waals surface area contributed by atoms with Gasteiger partial charge in [0.25, 0.3) is 5.56 Å². The van der Waals surface area contributed by atoms with Gasteiger partial charge in [0.2, 0.25) is 0 Å². The van der Waals surface area contributed by atoms with Crippen LogP contribution in [0.3, 0.4) is 0 Å². The van der Waals surface area contributed by atoms with Crippen molar-refractivity contribution < 1.29 is 4.74 Å². The topological polar surface area (TPSA) is 50.3 Å². The molecule has 2 aromatic heterocycles. The van der Waals surface area contributed by atoms with E-state index < -0.39 is 0 Å². The summed E-state index contributed by atoms with van der Waals surface area (Å²) in [6.45, 7) is 2.48. The van der Waals surface area contributed by atoms with Crippen molar-refractivity contribution in [3.63, 3.8) is 0 Å². The van der Waals surface area contributed by atoms with Gasteiger partial charge in [0.15, 0.2) is 4.77 Å². The number of likely N-dealkylation sites (N-methyl/N-ethyl adjacent to an activating group) is 1. The van der Waals surface area contributed by atoms with Crippen LogP contribution in [0, 0.1) is 4.77 Å². The number of aromatic nitrogens is 2. The van der Waals surface area contributed by atoms with Crippen molar-refractivity contribution >= 4 is 33.8 Å². The average molecular weight is 299 g/mol. The normalized spacial score (nSPS) is 11.5. The summed E-state index contributed by atoms with van der Waals surface area (Å²) >= 11 is 6.69. The maximum Gasteiger partial charge on any atom is 0.263 e. The minimum Gasteiger partial charge on any atom is -0.378 e. The van der Waals surface area contributed by atoms with Gasteiger partial charge in [-0.1, -0.05) is 0 Å². The Morgan fingerprint density at radius 1 is 1.47 bits per heavy atom. The first-order valence-electron chi connectivity index (χ1n) is 6.02. The molecule has 2 rings (SSSR count). The van der Waals surface area contributed by atoms with E-state index in [0.29, 0.717) is 29.9 Å². The molecule has 0 unspecified atom stereocenters. The predicted molar refractivity (Wildman–Crippen MR) is 80.6 cm³/mol. The second-order valence-electron chi connectivity index (χ2n) is 4.47. The third-order valence-corrected chi connectivity index (χ3v) is 3.90. The lowest BCUT2D eigenvalue weighted by Crippen LogP contribution is -2.25. The highest BCUT2D eigenvalue weighted by Gasteiger charge is 2.06. The Morgan fingerprint density at radius 3 is 3.00 bits per heavy atom. The number of hydrogen-bond donors (Lipinski definition) is 1. The largest absolute Gasteiger partial charge is 0.378 e. The third-order valence-electron chi connectivity index (χ3n) is 2.75. The lowest BCUT2D eigenvalue weighted by atomic mass is 10.4. The van der Waals surface area contributed by atoms with Crippen molar-refractivity contribution in [2.45, 2.75) is 6.54 Å². The minimum absolute atomic E-state index is 0.0452. The molecule has 0 aliphatic heterocycles. The van der Waals surface area contributed by atoms with Crippen LogP contribution >= 0.6 is 23.6 Å². The second-order valence-corrected chi connectivity index (χ2v) is 5.77. The number of ether oxygens (including phenoxy) is 1. The van der Waals surface area contributed by atoms with Crippen molar-refractivity contribution in [1.29, 1.82) is 0 Å². The highest BCUT2D eigenvalue weighted by molar-refractivity contribution is 7.71. The summed E-state index contributed by atoms with van der Waals surface area (Å²) in [7, 11) is 3.99. The Bertz CT molecular complexity index is 657. The lowest BCUT2D eigenvalue weighted by molar-refractivity contribution is 0.110. The quantitative estimate of drug-likeness (QED) is 0.651. The summed E-state index contributed by atoms with van der Waals surface area (Å²) in [5, 5.41) is 2.57. The van der Waals surface area contributed by atoms with Crippen molar-refractivity contribution in [3.05, 3.63) is 26.6 Å². The Labute approximate surface area is 120 Å². The van der Waals surface area contributed by atoms with E-state index in [1.807, 2.05) is 25.5 Å². The first-order valence-corrected chi connectivity index (χ1v) is 7.31. The highest BCUT2D eigenvalue weighted by Crippen LogP contribution is 2.13. The van der Waals surface area contributed by atoms with Crippen LogP contribution in [-0.2, 0) is 11.3 Å². The first kappa shape index (κ1) is 14.4. The van der Waals surface area contributed by atoms with Crippen molar-refractivity contribution in [3.8, 4) is 0 Å². The van der Waals surface area contributed by atoms with Gasteiger partial charge in [-0.05, 0) is 37.8 Å². The minimum atomic E-state index is -0.0452. The number of aromatic amines is 1. The number of H-pyrrole nitrogens is 1. The Balaban J connectivity index is 2.04. The van der Waals surface area contributed by atoms with Gasteiger partial charge in [-0.2, -0.15) is 0 Å². The molecule has 0 fully saturated rings. The summed E-state index contributed by atoms with van der Waals surface area (Å²) in [6, 6.07) is 1.82. The van der Waals surface area contributed by atoms with Gasteiger partial charge in [0.1, 0.15) is 4.83 Å². The van der Waals surface area contributed by atoms with Crippen LogP contribution in [-0.4, -0.2) is 48.3 Å². The Hall–Kier alpha value is -1.02. The molecule has 104 valence electrons. The van der Waals surface area contributed by atoms with Crippen LogP contribution in [0.2, 0.25) is 0 Å². The molecule has 1 N–H and O–H groups in total. The summed E-state index contributed by atoms with van der Waals surface area (Å²) in [5.41, 5.74) is -0.0452. The van der Waals surface area contributed by atoms with Gasteiger partial charge >= 0.3 is 0 Å². The smallest absolute Gasteiger partial charge is 0.263 e. The fraction of sp³-hybridized carbons (Fsp3) is 0.500. The zero-order valence-electron chi connectivity index (χ0n) is 11.0. The van der Waals surface area contributed by atoms with Crippen LogP contribution in [0.4, 0.5) is 0 Å². The molecule has 0 aromatic carbocycles. The zero-order valence-corrected chi connectivity index (χ0v) is 12.6. The first-order chi connectivity index (χ1) is 9.09. The van der Waals surface area contributed by atoms with Crippen LogP contribution in [0.1, 0.15) is 0 Å². The Morgan fingerprint density at radius 2 is 2.26 bits per heavy atom. The van der Waals surface area contributed by atoms with Gasteiger partial charge in [-0.15, -0.1) is 11.3 Å². The van der Waals surface area contributed by atoms with Gasteiger partial charge in [-0.25, -0.2) is 0 Å². The average Bonchev–Trinajstić information content (AvgIpc) is 2.80. The van der Waals surface area contributed by atoms with Gasteiger partial charge < -0.3 is 14.6 Å². The molecule has 0 radical (unpaired) electrons. The highest BCUT2D eigenvalue weighted by atomic mass is 32.1. The fourth-order valence-corrected chi connectivity index (χ4v) is 2.80. The van der Waals surface area contributed by atoms with E-state index in [-0.39, 0.29) is 5.56 Å². The maximum absolute atomic E-state index is 12.2. The van der Waals surface area contributed by atoms with Gasteiger partial charge in [0, 0.05) is 6.54 Å². The maximum atomic E-state index is 12.2. The number of fused-ring (bicyclic) bond motifs is 1. The van der Waals surface area contributed by atoms with Crippen molar-refractivity contribution in [2.75, 3.05) is 33.9 Å². The number of nitrogens with zero attached hydrogens (tertiary/aromatic N) is 2. The van der Waals surface area contributed by atoms with E-state index in [1.54, 1.807) is 4.57 Å². The molecule has 0 spiro atoms. The molecule has 0 aliphatic rings. The van der Waals surface area contributed by atoms with Crippen LogP contribution in [0.15, 0.2) is 16.2 Å². The summed E-state index contributed by atoms with van der Waals surface area (Å²) in [5.74, 6) is 0. The van der Waals surface area contributed by atoms with Crippen LogP contribution in [0.5, 0.6) is 0 Å². The molecule has 0 amide bonds. The summed E-state index contributed by atoms with van der Waals surface area (Å²) < 4.78 is 7.50. The van der Waals surface area contributed by atoms with Crippen LogP contribution < -0.4 is 5.56 Å². The van der Waals surface area contributed by atoms with Crippen molar-refractivity contribution in [1.82, 2.24) is 14.5 Å². The molecule has 0 saturated heterocycles. The molecule has 0 aliphatic carbocycles. The second kappa shape index (κ2) is 6.42. The molecule has 7 heteroatoms. The molecule has 19 heavy (non-hydrogen) atoms. The standard InChI is InChI=1S/C12H17N3O2S2/c1-14(2)4-6-17-7-5-15-11(16)9-3-8-19-10(9)13-12(15)18/h3,8H,4-7H2,1-2H3,(H,13,18). The van der Waals surface area contributed by atoms with E-state index >= 15 is 0 Å². The number of rotatable bonds is 6. The molecule has 2 aromatic rings. The fourth-order valence-electron chi connectivity index (χ4n) is 1.68. The Kier molecular flexibility index (Phi) is 4.87. The van der Waals surface area contributed by atoms with E-state index in [4.69, 9.17) is 17.0 Å². The number of hydrogen-bond acceptors (Lipinski definition) is 5. The van der Waals surface area contributed by atoms with E-state index in [2.05, 4.69) is 9.88 Å². The van der Waals surface area contributed by atoms with Crippen LogP contribution in [0.25, 0.3) is 10.2 Å². The lowest BCUT2D eigenvalue weighted by Gasteiger charge is -2.10. The third kappa shape index (κ3) is 3.50. The molecular weight excluding hydrogens is 282 g/mol. The zero-order chi connectivity index (χ0) is 13.8.